The highest BCUT2D eigenvalue weighted by atomic mass is 16.3. The Morgan fingerprint density at radius 3 is 1.00 bits per heavy atom. The Kier molecular flexibility index (Phi) is 21.0. The molecule has 8 nitrogen and oxygen atoms in total. The van der Waals surface area contributed by atoms with Crippen LogP contribution in [0.4, 0.5) is 45.5 Å². The fourth-order valence-electron chi connectivity index (χ4n) is 9.29. The zero-order valence-electron chi connectivity index (χ0n) is 44.1. The smallest absolute Gasteiger partial charge is 0.212 e. The van der Waals surface area contributed by atoms with E-state index in [9.17, 15) is 10.2 Å². The van der Waals surface area contributed by atoms with Crippen molar-refractivity contribution in [2.24, 2.45) is 35.5 Å². The third-order valence-corrected chi connectivity index (χ3v) is 11.9. The molecule has 0 fully saturated rings. The van der Waals surface area contributed by atoms with Gasteiger partial charge in [0.2, 0.25) is 17.1 Å². The normalized spacial score (nSPS) is 12.7. The summed E-state index contributed by atoms with van der Waals surface area (Å²) in [4.78, 5) is 9.69. The third-order valence-electron chi connectivity index (χ3n) is 11.9. The van der Waals surface area contributed by atoms with Gasteiger partial charge in [0.15, 0.2) is 5.71 Å². The Hall–Kier alpha value is -5.18. The molecule has 0 amide bonds. The fourth-order valence-corrected chi connectivity index (χ4v) is 9.29. The van der Waals surface area contributed by atoms with Crippen LogP contribution in [0.5, 0.6) is 0 Å². The molecule has 8 heteroatoms. The molecule has 1 aliphatic rings. The van der Waals surface area contributed by atoms with Crippen LogP contribution >= 0.6 is 0 Å². The Balaban J connectivity index is 1.63. The van der Waals surface area contributed by atoms with Crippen LogP contribution in [0.2, 0.25) is 0 Å². The molecular formula is C60H88N6O2+2. The van der Waals surface area contributed by atoms with Crippen molar-refractivity contribution in [2.45, 2.75) is 95.9 Å². The molecule has 4 aromatic rings. The number of anilines is 6. The molecule has 1 aliphatic carbocycles. The van der Waals surface area contributed by atoms with E-state index in [0.717, 1.165) is 99.3 Å². The fraction of sp³-hybridized carbons (Fsp3) is 0.500. The highest BCUT2D eigenvalue weighted by molar-refractivity contribution is 6.18. The number of hydrogen-bond donors (Lipinski definition) is 2. The van der Waals surface area contributed by atoms with Crippen molar-refractivity contribution in [2.75, 3.05) is 85.2 Å². The Morgan fingerprint density at radius 2 is 0.662 bits per heavy atom. The maximum atomic E-state index is 9.70. The first-order valence-corrected chi connectivity index (χ1v) is 25.9. The van der Waals surface area contributed by atoms with Crippen LogP contribution in [0.3, 0.4) is 0 Å². The molecule has 0 saturated heterocycles. The SMILES string of the molecule is CC(C)CN(CCCO)c1ccc(N(c2ccc(N(CC(C)C)CC(C)C)cc2)c2ccc([N+](=C3C=CC(=[N+](CC(C)C)CC(C)C)C=C3)c3ccc(N(CCCO)CC(C)C)cc3)cc2)cc1. The molecule has 368 valence electrons. The Labute approximate surface area is 412 Å². The van der Waals surface area contributed by atoms with Crippen LogP contribution in [-0.2, 0) is 0 Å². The molecule has 0 radical (unpaired) electrons. The van der Waals surface area contributed by atoms with Gasteiger partial charge in [0.05, 0.1) is 0 Å². The molecule has 0 spiro atoms. The number of aliphatic hydroxyl groups excluding tert-OH is 2. The molecule has 0 atom stereocenters. The molecule has 0 heterocycles. The zero-order valence-corrected chi connectivity index (χ0v) is 44.1. The standard InChI is InChI=1S/C60H88N6O2/c1-45(2)39-61(35-13-37-67)51-15-23-55(24-16-51)65(57-27-19-53(20-28-57)63(41-47(5)6)42-48(7)8)59-31-33-60(34-32-59)66(56-25-17-52(18-26-56)62(36-14-38-68)40-46(3)4)58-29-21-54(22-30-58)64(43-49(9)10)44-50(11)12/h15-34,45-50,67-68H,13-14,35-44H2,1-12H3/q+2. The van der Waals surface area contributed by atoms with Crippen molar-refractivity contribution in [3.63, 3.8) is 0 Å². The van der Waals surface area contributed by atoms with Crippen molar-refractivity contribution in [3.8, 4) is 0 Å². The maximum absolute atomic E-state index is 9.70. The lowest BCUT2D eigenvalue weighted by atomic mass is 10.1. The van der Waals surface area contributed by atoms with Crippen LogP contribution in [0, 0.1) is 35.5 Å². The van der Waals surface area contributed by atoms with Crippen molar-refractivity contribution >= 4 is 56.9 Å². The summed E-state index contributed by atoms with van der Waals surface area (Å²) in [5.41, 5.74) is 11.4. The van der Waals surface area contributed by atoms with E-state index in [1.54, 1.807) is 0 Å². The molecule has 0 saturated carbocycles. The molecule has 5 rings (SSSR count). The van der Waals surface area contributed by atoms with Gasteiger partial charge in [0.25, 0.3) is 0 Å². The molecule has 0 aromatic heterocycles. The summed E-state index contributed by atoms with van der Waals surface area (Å²) in [5, 5.41) is 19.4. The number of hydrogen-bond acceptors (Lipinski definition) is 6. The number of rotatable bonds is 26. The van der Waals surface area contributed by atoms with Gasteiger partial charge in [-0.25, -0.2) is 4.58 Å². The largest absolute Gasteiger partial charge is 0.396 e. The van der Waals surface area contributed by atoms with Gasteiger partial charge < -0.3 is 29.8 Å². The van der Waals surface area contributed by atoms with Crippen LogP contribution in [0.15, 0.2) is 121 Å². The molecule has 68 heavy (non-hydrogen) atoms. The van der Waals surface area contributed by atoms with Crippen LogP contribution in [-0.4, -0.2) is 91.8 Å². The van der Waals surface area contributed by atoms with E-state index in [1.807, 2.05) is 0 Å². The lowest BCUT2D eigenvalue weighted by molar-refractivity contribution is -0.538. The van der Waals surface area contributed by atoms with E-state index in [0.29, 0.717) is 35.5 Å². The Morgan fingerprint density at radius 1 is 0.368 bits per heavy atom. The molecule has 2 N–H and O–H groups in total. The second-order valence-corrected chi connectivity index (χ2v) is 21.5. The lowest BCUT2D eigenvalue weighted by Gasteiger charge is -2.30. The highest BCUT2D eigenvalue weighted by Gasteiger charge is 2.25. The predicted molar refractivity (Wildman–Crippen MR) is 296 cm³/mol. The summed E-state index contributed by atoms with van der Waals surface area (Å²) >= 11 is 0. The van der Waals surface area contributed by atoms with Crippen molar-refractivity contribution < 1.29 is 14.8 Å². The van der Waals surface area contributed by atoms with Gasteiger partial charge in [-0.05, 0) is 109 Å². The first kappa shape index (κ1) is 53.8. The highest BCUT2D eigenvalue weighted by Crippen LogP contribution is 2.38. The minimum Gasteiger partial charge on any atom is -0.396 e. The molecular weight excluding hydrogens is 837 g/mol. The maximum Gasteiger partial charge on any atom is 0.212 e. The van der Waals surface area contributed by atoms with E-state index < -0.39 is 0 Å². The zero-order chi connectivity index (χ0) is 49.3. The van der Waals surface area contributed by atoms with Crippen molar-refractivity contribution in [1.29, 1.82) is 0 Å². The monoisotopic (exact) mass is 925 g/mol. The second-order valence-electron chi connectivity index (χ2n) is 21.5. The van der Waals surface area contributed by atoms with Crippen LogP contribution < -0.4 is 24.2 Å². The number of aliphatic hydroxyl groups is 2. The molecule has 0 aliphatic heterocycles. The van der Waals surface area contributed by atoms with Gasteiger partial charge >= 0.3 is 0 Å². The summed E-state index contributed by atoms with van der Waals surface area (Å²) in [6.07, 6.45) is 10.6. The first-order valence-electron chi connectivity index (χ1n) is 25.9. The van der Waals surface area contributed by atoms with Gasteiger partial charge in [-0.1, -0.05) is 83.1 Å². The van der Waals surface area contributed by atoms with Gasteiger partial charge in [-0.15, -0.1) is 0 Å². The quantitative estimate of drug-likeness (QED) is 0.0483. The third kappa shape index (κ3) is 15.9. The number of nitrogens with zero attached hydrogens (tertiary/aromatic N) is 6. The van der Waals surface area contributed by atoms with Gasteiger partial charge in [-0.3, -0.25) is 0 Å². The number of allylic oxidation sites excluding steroid dienone is 4. The molecule has 0 unspecified atom stereocenters. The van der Waals surface area contributed by atoms with Gasteiger partial charge in [0, 0.05) is 147 Å². The summed E-state index contributed by atoms with van der Waals surface area (Å²) in [5.74, 6) is 3.25. The summed E-state index contributed by atoms with van der Waals surface area (Å²) in [6.45, 7) is 35.3. The van der Waals surface area contributed by atoms with Gasteiger partial charge in [0.1, 0.15) is 13.1 Å². The summed E-state index contributed by atoms with van der Waals surface area (Å²) in [6, 6.07) is 36.1. The average Bonchev–Trinajstić information content (AvgIpc) is 3.29. The Bertz CT molecular complexity index is 2190. The van der Waals surface area contributed by atoms with E-state index >= 15 is 0 Å². The minimum atomic E-state index is 0.184. The first-order chi connectivity index (χ1) is 32.6. The summed E-state index contributed by atoms with van der Waals surface area (Å²) in [7, 11) is 0. The predicted octanol–water partition coefficient (Wildman–Crippen LogP) is 13.1. The van der Waals surface area contributed by atoms with Crippen LogP contribution in [0.1, 0.15) is 95.9 Å². The van der Waals surface area contributed by atoms with Crippen LogP contribution in [0.25, 0.3) is 0 Å². The second kappa shape index (κ2) is 26.5. The van der Waals surface area contributed by atoms with Crippen molar-refractivity contribution in [3.05, 3.63) is 121 Å². The topological polar surface area (TPSA) is 59.4 Å². The summed E-state index contributed by atoms with van der Waals surface area (Å²) < 4.78 is 4.90. The lowest BCUT2D eigenvalue weighted by Crippen LogP contribution is -2.31. The van der Waals surface area contributed by atoms with Gasteiger partial charge in [-0.2, -0.15) is 4.58 Å². The van der Waals surface area contributed by atoms with E-state index in [4.69, 9.17) is 0 Å². The average molecular weight is 925 g/mol. The number of benzene rings is 4. The minimum absolute atomic E-state index is 0.184. The van der Waals surface area contributed by atoms with E-state index in [-0.39, 0.29) is 13.2 Å². The van der Waals surface area contributed by atoms with E-state index in [1.165, 1.54) is 22.8 Å². The molecule has 4 aromatic carbocycles. The molecule has 0 bridgehead atoms. The van der Waals surface area contributed by atoms with E-state index in [2.05, 4.69) is 233 Å². The van der Waals surface area contributed by atoms with Crippen molar-refractivity contribution in [1.82, 2.24) is 4.58 Å².